The lowest BCUT2D eigenvalue weighted by molar-refractivity contribution is -0.114. The first-order valence-corrected chi connectivity index (χ1v) is 4.35. The highest BCUT2D eigenvalue weighted by molar-refractivity contribution is 5.90. The Hall–Kier alpha value is -2.24. The molecule has 15 heavy (non-hydrogen) atoms. The van der Waals surface area contributed by atoms with Crippen molar-refractivity contribution in [2.75, 3.05) is 5.32 Å². The number of hydrogen-bond donors (Lipinski definition) is 1. The summed E-state index contributed by atoms with van der Waals surface area (Å²) >= 11 is 0. The van der Waals surface area contributed by atoms with Crippen LogP contribution >= 0.6 is 0 Å². The molecule has 2 heterocycles. The summed E-state index contributed by atoms with van der Waals surface area (Å²) < 4.78 is 1.49. The summed E-state index contributed by atoms with van der Waals surface area (Å²) in [7, 11) is 0. The molecule has 0 atom stereocenters. The highest BCUT2D eigenvalue weighted by atomic mass is 16.1. The van der Waals surface area contributed by atoms with Gasteiger partial charge in [0.05, 0.1) is 5.69 Å². The number of pyridine rings is 1. The van der Waals surface area contributed by atoms with Gasteiger partial charge in [-0.05, 0) is 12.1 Å². The molecule has 2 aromatic rings. The molecule has 0 aromatic carbocycles. The lowest BCUT2D eigenvalue weighted by Gasteiger charge is -2.07. The molecule has 1 N–H and O–H groups in total. The highest BCUT2D eigenvalue weighted by Crippen LogP contribution is 2.15. The smallest absolute Gasteiger partial charge is 0.221 e. The van der Waals surface area contributed by atoms with E-state index in [0.29, 0.717) is 11.5 Å². The molecule has 2 rings (SSSR count). The van der Waals surface area contributed by atoms with Gasteiger partial charge in [0, 0.05) is 13.1 Å². The average Bonchev–Trinajstić information content (AvgIpc) is 2.70. The fourth-order valence-corrected chi connectivity index (χ4v) is 1.18. The first kappa shape index (κ1) is 9.32. The van der Waals surface area contributed by atoms with E-state index in [1.165, 1.54) is 24.3 Å². The summed E-state index contributed by atoms with van der Waals surface area (Å²) in [6, 6.07) is 3.50. The Bertz CT molecular complexity index is 465. The van der Waals surface area contributed by atoms with E-state index in [2.05, 4.69) is 20.4 Å². The van der Waals surface area contributed by atoms with Crippen LogP contribution in [-0.4, -0.2) is 25.7 Å². The van der Waals surface area contributed by atoms with E-state index in [1.807, 2.05) is 0 Å². The number of carbonyl (C=O) groups is 1. The van der Waals surface area contributed by atoms with Crippen LogP contribution in [0.3, 0.4) is 0 Å². The number of nitrogens with zero attached hydrogens (tertiary/aromatic N) is 4. The predicted molar refractivity (Wildman–Crippen MR) is 53.5 cm³/mol. The van der Waals surface area contributed by atoms with Gasteiger partial charge < -0.3 is 5.32 Å². The Morgan fingerprint density at radius 1 is 1.53 bits per heavy atom. The fourth-order valence-electron chi connectivity index (χ4n) is 1.18. The molecule has 0 saturated carbocycles. The molecule has 0 radical (unpaired) electrons. The van der Waals surface area contributed by atoms with E-state index in [9.17, 15) is 4.79 Å². The van der Waals surface area contributed by atoms with E-state index in [0.717, 1.165) is 0 Å². The molecular weight excluding hydrogens is 194 g/mol. The van der Waals surface area contributed by atoms with Crippen LogP contribution in [0.25, 0.3) is 5.82 Å². The molecule has 0 fully saturated rings. The SMILES string of the molecule is CC(=O)Nc1cccnc1-n1cncn1. The third kappa shape index (κ3) is 1.98. The van der Waals surface area contributed by atoms with Gasteiger partial charge in [-0.1, -0.05) is 0 Å². The number of rotatable bonds is 2. The van der Waals surface area contributed by atoms with Crippen LogP contribution in [0.4, 0.5) is 5.69 Å². The number of hydrogen-bond acceptors (Lipinski definition) is 4. The number of nitrogens with one attached hydrogen (secondary N) is 1. The lowest BCUT2D eigenvalue weighted by atomic mass is 10.4. The molecule has 0 aliphatic carbocycles. The second-order valence-electron chi connectivity index (χ2n) is 2.90. The van der Waals surface area contributed by atoms with Crippen LogP contribution in [0.15, 0.2) is 31.0 Å². The molecule has 0 unspecified atom stereocenters. The van der Waals surface area contributed by atoms with Crippen molar-refractivity contribution < 1.29 is 4.79 Å². The lowest BCUT2D eigenvalue weighted by Crippen LogP contribution is -2.10. The van der Waals surface area contributed by atoms with Gasteiger partial charge in [-0.15, -0.1) is 0 Å². The molecule has 0 bridgehead atoms. The maximum Gasteiger partial charge on any atom is 0.221 e. The number of carbonyl (C=O) groups excluding carboxylic acids is 1. The largest absolute Gasteiger partial charge is 0.323 e. The first-order chi connectivity index (χ1) is 7.27. The second-order valence-corrected chi connectivity index (χ2v) is 2.90. The Morgan fingerprint density at radius 2 is 2.40 bits per heavy atom. The van der Waals surface area contributed by atoms with Gasteiger partial charge in [0.2, 0.25) is 5.91 Å². The minimum Gasteiger partial charge on any atom is -0.323 e. The third-order valence-electron chi connectivity index (χ3n) is 1.73. The number of amides is 1. The summed E-state index contributed by atoms with van der Waals surface area (Å²) in [5, 5.41) is 6.62. The topological polar surface area (TPSA) is 72.7 Å². The van der Waals surface area contributed by atoms with Gasteiger partial charge in [0.1, 0.15) is 12.7 Å². The van der Waals surface area contributed by atoms with E-state index in [4.69, 9.17) is 0 Å². The Labute approximate surface area is 86.0 Å². The van der Waals surface area contributed by atoms with Gasteiger partial charge in [-0.3, -0.25) is 4.79 Å². The Morgan fingerprint density at radius 3 is 3.07 bits per heavy atom. The summed E-state index contributed by atoms with van der Waals surface area (Å²) in [6.45, 7) is 1.44. The quantitative estimate of drug-likeness (QED) is 0.776. The van der Waals surface area contributed by atoms with Crippen molar-refractivity contribution in [1.82, 2.24) is 19.7 Å². The van der Waals surface area contributed by atoms with E-state index < -0.39 is 0 Å². The van der Waals surface area contributed by atoms with Crippen LogP contribution in [0.2, 0.25) is 0 Å². The minimum absolute atomic E-state index is 0.149. The van der Waals surface area contributed by atoms with Crippen molar-refractivity contribution in [3.8, 4) is 5.82 Å². The van der Waals surface area contributed by atoms with Crippen molar-refractivity contribution in [2.45, 2.75) is 6.92 Å². The number of aromatic nitrogens is 4. The first-order valence-electron chi connectivity index (χ1n) is 4.35. The van der Waals surface area contributed by atoms with E-state index in [-0.39, 0.29) is 5.91 Å². The summed E-state index contributed by atoms with van der Waals surface area (Å²) in [5.41, 5.74) is 0.607. The molecule has 2 aromatic heterocycles. The predicted octanol–water partition coefficient (Wildman–Crippen LogP) is 0.621. The van der Waals surface area contributed by atoms with Gasteiger partial charge >= 0.3 is 0 Å². The van der Waals surface area contributed by atoms with Gasteiger partial charge in [-0.25, -0.2) is 14.6 Å². The molecular formula is C9H9N5O. The van der Waals surface area contributed by atoms with Crippen LogP contribution < -0.4 is 5.32 Å². The molecule has 0 aliphatic heterocycles. The number of anilines is 1. The van der Waals surface area contributed by atoms with Crippen molar-refractivity contribution in [1.29, 1.82) is 0 Å². The second kappa shape index (κ2) is 3.87. The molecule has 76 valence electrons. The monoisotopic (exact) mass is 203 g/mol. The summed E-state index contributed by atoms with van der Waals surface area (Å²) in [5.74, 6) is 0.398. The zero-order valence-corrected chi connectivity index (χ0v) is 8.08. The normalized spacial score (nSPS) is 9.93. The van der Waals surface area contributed by atoms with Crippen molar-refractivity contribution >= 4 is 11.6 Å². The molecule has 0 spiro atoms. The van der Waals surface area contributed by atoms with Gasteiger partial charge in [0.15, 0.2) is 5.82 Å². The van der Waals surface area contributed by atoms with Gasteiger partial charge in [-0.2, -0.15) is 5.10 Å². The third-order valence-corrected chi connectivity index (χ3v) is 1.73. The van der Waals surface area contributed by atoms with Crippen LogP contribution in [0.1, 0.15) is 6.92 Å². The Kier molecular flexibility index (Phi) is 2.40. The van der Waals surface area contributed by atoms with Crippen molar-refractivity contribution in [3.05, 3.63) is 31.0 Å². The minimum atomic E-state index is -0.149. The fraction of sp³-hybridized carbons (Fsp3) is 0.111. The highest BCUT2D eigenvalue weighted by Gasteiger charge is 2.06. The molecule has 6 heteroatoms. The maximum atomic E-state index is 11.0. The van der Waals surface area contributed by atoms with Crippen LogP contribution in [0.5, 0.6) is 0 Å². The van der Waals surface area contributed by atoms with Crippen molar-refractivity contribution in [2.24, 2.45) is 0 Å². The molecule has 1 amide bonds. The molecule has 0 saturated heterocycles. The van der Waals surface area contributed by atoms with E-state index in [1.54, 1.807) is 18.3 Å². The van der Waals surface area contributed by atoms with E-state index >= 15 is 0 Å². The average molecular weight is 203 g/mol. The zero-order chi connectivity index (χ0) is 10.7. The molecule has 0 aliphatic rings. The van der Waals surface area contributed by atoms with Crippen LogP contribution in [0, 0.1) is 0 Å². The standard InChI is InChI=1S/C9H9N5O/c1-7(15)13-8-3-2-4-11-9(8)14-6-10-5-12-14/h2-6H,1H3,(H,13,15). The summed E-state index contributed by atoms with van der Waals surface area (Å²) in [6.07, 6.45) is 4.56. The van der Waals surface area contributed by atoms with Crippen molar-refractivity contribution in [3.63, 3.8) is 0 Å². The summed E-state index contributed by atoms with van der Waals surface area (Å²) in [4.78, 5) is 18.9. The maximum absolute atomic E-state index is 11.0. The van der Waals surface area contributed by atoms with Gasteiger partial charge in [0.25, 0.3) is 0 Å². The zero-order valence-electron chi connectivity index (χ0n) is 8.08. The Balaban J connectivity index is 2.42. The molecule has 6 nitrogen and oxygen atoms in total. The van der Waals surface area contributed by atoms with Crippen LogP contribution in [-0.2, 0) is 4.79 Å².